The molecular weight excluding hydrogens is 258 g/mol. The fraction of sp³-hybridized carbons (Fsp3) is 0.722. The Morgan fingerprint density at radius 3 is 2.81 bits per heavy atom. The van der Waals surface area contributed by atoms with Gasteiger partial charge in [0.2, 0.25) is 0 Å². The van der Waals surface area contributed by atoms with Crippen LogP contribution in [0.2, 0.25) is 0 Å². The van der Waals surface area contributed by atoms with Gasteiger partial charge in [-0.3, -0.25) is 9.88 Å². The van der Waals surface area contributed by atoms with Crippen LogP contribution in [0.3, 0.4) is 0 Å². The highest BCUT2D eigenvalue weighted by molar-refractivity contribution is 5.13. The first-order valence-corrected chi connectivity index (χ1v) is 8.73. The molecule has 4 atom stereocenters. The van der Waals surface area contributed by atoms with E-state index >= 15 is 0 Å². The van der Waals surface area contributed by atoms with Gasteiger partial charge in [-0.2, -0.15) is 0 Å². The molecule has 116 valence electrons. The highest BCUT2D eigenvalue weighted by Crippen LogP contribution is 2.40. The Labute approximate surface area is 128 Å². The summed E-state index contributed by atoms with van der Waals surface area (Å²) in [5.41, 5.74) is 7.69. The zero-order valence-electron chi connectivity index (χ0n) is 13.2. The van der Waals surface area contributed by atoms with E-state index in [0.29, 0.717) is 6.04 Å². The van der Waals surface area contributed by atoms with Crippen LogP contribution in [-0.4, -0.2) is 28.5 Å². The van der Waals surface area contributed by atoms with E-state index in [4.69, 9.17) is 5.73 Å². The summed E-state index contributed by atoms with van der Waals surface area (Å²) in [6.45, 7) is 3.39. The summed E-state index contributed by atoms with van der Waals surface area (Å²) in [5.74, 6) is 0.891. The van der Waals surface area contributed by atoms with E-state index in [1.165, 1.54) is 45.1 Å². The van der Waals surface area contributed by atoms with Crippen molar-refractivity contribution in [2.24, 2.45) is 11.7 Å². The minimum absolute atomic E-state index is 0.181. The molecule has 2 fully saturated rings. The molecule has 21 heavy (non-hydrogen) atoms. The third-order valence-electron chi connectivity index (χ3n) is 5.51. The normalized spacial score (nSPS) is 29.6. The molecule has 0 spiro atoms. The van der Waals surface area contributed by atoms with E-state index in [9.17, 15) is 0 Å². The Kier molecular flexibility index (Phi) is 4.91. The van der Waals surface area contributed by atoms with Crippen molar-refractivity contribution in [1.29, 1.82) is 0 Å². The van der Waals surface area contributed by atoms with Crippen LogP contribution in [0.25, 0.3) is 0 Å². The molecule has 1 saturated carbocycles. The second kappa shape index (κ2) is 6.89. The zero-order chi connectivity index (χ0) is 14.7. The second-order valence-corrected chi connectivity index (χ2v) is 6.76. The van der Waals surface area contributed by atoms with Crippen molar-refractivity contribution in [2.75, 3.05) is 6.54 Å². The van der Waals surface area contributed by atoms with E-state index in [1.54, 1.807) is 0 Å². The number of hydrogen-bond donors (Lipinski definition) is 1. The Balaban J connectivity index is 1.88. The van der Waals surface area contributed by atoms with Gasteiger partial charge in [-0.25, -0.2) is 0 Å². The highest BCUT2D eigenvalue weighted by atomic mass is 15.2. The summed E-state index contributed by atoms with van der Waals surface area (Å²) in [7, 11) is 0. The molecule has 1 aliphatic carbocycles. The topological polar surface area (TPSA) is 42.1 Å². The van der Waals surface area contributed by atoms with Gasteiger partial charge in [0.1, 0.15) is 0 Å². The lowest BCUT2D eigenvalue weighted by molar-refractivity contribution is 0.0140. The molecule has 2 unspecified atom stereocenters. The van der Waals surface area contributed by atoms with Gasteiger partial charge in [0.05, 0.1) is 11.7 Å². The molecule has 0 amide bonds. The molecule has 1 aromatic heterocycles. The van der Waals surface area contributed by atoms with Crippen molar-refractivity contribution in [3.63, 3.8) is 0 Å². The van der Waals surface area contributed by atoms with Crippen LogP contribution in [0.15, 0.2) is 24.4 Å². The lowest BCUT2D eigenvalue weighted by Crippen LogP contribution is -2.52. The third kappa shape index (κ3) is 3.14. The maximum Gasteiger partial charge on any atom is 0.0676 e. The van der Waals surface area contributed by atoms with Crippen LogP contribution in [0.5, 0.6) is 0 Å². The van der Waals surface area contributed by atoms with Crippen LogP contribution in [0, 0.1) is 5.92 Å². The maximum atomic E-state index is 6.52. The SMILES string of the molecule is CCC(N)C(c1ccccn1)N1CCC[C@H]2CCCC[C@H]21. The van der Waals surface area contributed by atoms with Crippen molar-refractivity contribution in [1.82, 2.24) is 9.88 Å². The zero-order valence-corrected chi connectivity index (χ0v) is 13.2. The lowest BCUT2D eigenvalue weighted by atomic mass is 9.77. The number of likely N-dealkylation sites (tertiary alicyclic amines) is 1. The van der Waals surface area contributed by atoms with Crippen LogP contribution in [0.1, 0.15) is 63.6 Å². The molecule has 2 N–H and O–H groups in total. The van der Waals surface area contributed by atoms with Crippen molar-refractivity contribution < 1.29 is 0 Å². The summed E-state index contributed by atoms with van der Waals surface area (Å²) in [4.78, 5) is 7.35. The molecule has 1 aromatic rings. The molecule has 1 aliphatic heterocycles. The number of nitrogens with zero attached hydrogens (tertiary/aromatic N) is 2. The average Bonchev–Trinajstić information content (AvgIpc) is 2.56. The van der Waals surface area contributed by atoms with Gasteiger partial charge in [0.25, 0.3) is 0 Å². The van der Waals surface area contributed by atoms with Gasteiger partial charge >= 0.3 is 0 Å². The second-order valence-electron chi connectivity index (χ2n) is 6.76. The smallest absolute Gasteiger partial charge is 0.0676 e. The number of aromatic nitrogens is 1. The minimum atomic E-state index is 0.181. The lowest BCUT2D eigenvalue weighted by Gasteiger charge is -2.48. The van der Waals surface area contributed by atoms with E-state index < -0.39 is 0 Å². The van der Waals surface area contributed by atoms with Crippen molar-refractivity contribution in [3.8, 4) is 0 Å². The summed E-state index contributed by atoms with van der Waals surface area (Å²) in [6.07, 6.45) is 11.2. The Bertz CT molecular complexity index is 431. The molecule has 3 rings (SSSR count). The number of piperidine rings is 1. The van der Waals surface area contributed by atoms with Crippen LogP contribution >= 0.6 is 0 Å². The fourth-order valence-electron chi connectivity index (χ4n) is 4.42. The fourth-order valence-corrected chi connectivity index (χ4v) is 4.42. The first kappa shape index (κ1) is 15.0. The summed E-state index contributed by atoms with van der Waals surface area (Å²) >= 11 is 0. The first-order chi connectivity index (χ1) is 10.3. The number of hydrogen-bond acceptors (Lipinski definition) is 3. The van der Waals surface area contributed by atoms with E-state index in [0.717, 1.165) is 24.1 Å². The van der Waals surface area contributed by atoms with Crippen LogP contribution in [-0.2, 0) is 0 Å². The molecule has 1 saturated heterocycles. The monoisotopic (exact) mass is 287 g/mol. The largest absolute Gasteiger partial charge is 0.326 e. The van der Waals surface area contributed by atoms with Crippen molar-refractivity contribution >= 4 is 0 Å². The highest BCUT2D eigenvalue weighted by Gasteiger charge is 2.39. The molecule has 3 heteroatoms. The van der Waals surface area contributed by atoms with Gasteiger partial charge in [-0.15, -0.1) is 0 Å². The predicted octanol–water partition coefficient (Wildman–Crippen LogP) is 3.51. The maximum absolute atomic E-state index is 6.52. The number of nitrogens with two attached hydrogens (primary N) is 1. The van der Waals surface area contributed by atoms with Crippen molar-refractivity contribution in [2.45, 2.75) is 70.0 Å². The Hall–Kier alpha value is -0.930. The van der Waals surface area contributed by atoms with E-state index in [-0.39, 0.29) is 6.04 Å². The average molecular weight is 287 g/mol. The summed E-state index contributed by atoms with van der Waals surface area (Å²) in [6, 6.07) is 7.46. The number of rotatable bonds is 4. The van der Waals surface area contributed by atoms with Gasteiger partial charge < -0.3 is 5.73 Å². The van der Waals surface area contributed by atoms with E-state index in [1.807, 2.05) is 12.3 Å². The summed E-state index contributed by atoms with van der Waals surface area (Å²) < 4.78 is 0. The molecule has 0 radical (unpaired) electrons. The van der Waals surface area contributed by atoms with Gasteiger partial charge in [0.15, 0.2) is 0 Å². The van der Waals surface area contributed by atoms with E-state index in [2.05, 4.69) is 28.9 Å². The standard InChI is InChI=1S/C18H29N3/c1-2-15(19)18(16-10-5-6-12-20-16)21-13-7-9-14-8-3-4-11-17(14)21/h5-6,10,12,14-15,17-18H,2-4,7-9,11,13,19H2,1H3/t14-,15?,17-,18?/m1/s1. The summed E-state index contributed by atoms with van der Waals surface area (Å²) in [5, 5.41) is 0. The van der Waals surface area contributed by atoms with Crippen LogP contribution in [0.4, 0.5) is 0 Å². The Morgan fingerprint density at radius 2 is 2.05 bits per heavy atom. The van der Waals surface area contributed by atoms with Gasteiger partial charge in [0, 0.05) is 18.3 Å². The van der Waals surface area contributed by atoms with Crippen LogP contribution < -0.4 is 5.73 Å². The number of fused-ring (bicyclic) bond motifs is 1. The predicted molar refractivity (Wildman–Crippen MR) is 86.9 cm³/mol. The molecule has 3 nitrogen and oxygen atoms in total. The molecule has 2 aliphatic rings. The molecule has 0 bridgehead atoms. The van der Waals surface area contributed by atoms with Crippen molar-refractivity contribution in [3.05, 3.63) is 30.1 Å². The molecule has 2 heterocycles. The third-order valence-corrected chi connectivity index (χ3v) is 5.51. The molecule has 0 aromatic carbocycles. The van der Waals surface area contributed by atoms with Gasteiger partial charge in [-0.1, -0.05) is 25.8 Å². The Morgan fingerprint density at radius 1 is 1.24 bits per heavy atom. The quantitative estimate of drug-likeness (QED) is 0.921. The molecular formula is C18H29N3. The first-order valence-electron chi connectivity index (χ1n) is 8.73. The number of pyridine rings is 1. The van der Waals surface area contributed by atoms with Gasteiger partial charge in [-0.05, 0) is 56.7 Å². The minimum Gasteiger partial charge on any atom is -0.326 e.